The van der Waals surface area contributed by atoms with Crippen LogP contribution in [-0.2, 0) is 10.0 Å². The van der Waals surface area contributed by atoms with Crippen molar-refractivity contribution in [1.29, 1.82) is 0 Å². The Morgan fingerprint density at radius 1 is 1.24 bits per heavy atom. The molecule has 0 saturated carbocycles. The third-order valence-corrected chi connectivity index (χ3v) is 6.82. The number of nitro groups is 1. The van der Waals surface area contributed by atoms with Crippen LogP contribution in [0.15, 0.2) is 53.4 Å². The van der Waals surface area contributed by atoms with E-state index in [0.29, 0.717) is 24.7 Å². The molecule has 29 heavy (non-hydrogen) atoms. The lowest BCUT2D eigenvalue weighted by Gasteiger charge is -2.30. The third-order valence-electron chi connectivity index (χ3n) is 4.94. The van der Waals surface area contributed by atoms with Gasteiger partial charge in [-0.1, -0.05) is 19.1 Å². The quantitative estimate of drug-likeness (QED) is 0.420. The predicted molar refractivity (Wildman–Crippen MR) is 110 cm³/mol. The summed E-state index contributed by atoms with van der Waals surface area (Å²) >= 11 is 0. The van der Waals surface area contributed by atoms with Crippen molar-refractivity contribution in [3.63, 3.8) is 0 Å². The highest BCUT2D eigenvalue weighted by Crippen LogP contribution is 2.24. The van der Waals surface area contributed by atoms with Gasteiger partial charge in [-0.3, -0.25) is 14.9 Å². The van der Waals surface area contributed by atoms with E-state index in [1.54, 1.807) is 12.1 Å². The number of rotatable bonds is 7. The van der Waals surface area contributed by atoms with Gasteiger partial charge < -0.3 is 5.32 Å². The second-order valence-electron chi connectivity index (χ2n) is 7.22. The van der Waals surface area contributed by atoms with E-state index in [2.05, 4.69) is 5.32 Å². The van der Waals surface area contributed by atoms with E-state index in [4.69, 9.17) is 0 Å². The standard InChI is InChI=1S/C20H23N3O5S/c1-15-4-3-11-22(14-15)29(27,28)19-9-7-17(8-10-19)21-13-20(24)16-5-2-6-18(12-16)23(25)26/h2,5-10,12,15,21H,3-4,11,13-14H2,1H3. The van der Waals surface area contributed by atoms with E-state index in [-0.39, 0.29) is 28.5 Å². The molecule has 2 aromatic rings. The highest BCUT2D eigenvalue weighted by molar-refractivity contribution is 7.89. The zero-order chi connectivity index (χ0) is 21.0. The van der Waals surface area contributed by atoms with Crippen molar-refractivity contribution in [2.45, 2.75) is 24.7 Å². The Morgan fingerprint density at radius 3 is 2.62 bits per heavy atom. The van der Waals surface area contributed by atoms with Crippen LogP contribution in [0.25, 0.3) is 0 Å². The van der Waals surface area contributed by atoms with E-state index >= 15 is 0 Å². The van der Waals surface area contributed by atoms with Gasteiger partial charge in [0.15, 0.2) is 5.78 Å². The molecule has 0 spiro atoms. The smallest absolute Gasteiger partial charge is 0.270 e. The van der Waals surface area contributed by atoms with E-state index in [9.17, 15) is 23.3 Å². The molecule has 1 heterocycles. The maximum atomic E-state index is 12.8. The van der Waals surface area contributed by atoms with Gasteiger partial charge in [-0.15, -0.1) is 0 Å². The SMILES string of the molecule is CC1CCCN(S(=O)(=O)c2ccc(NCC(=O)c3cccc([N+](=O)[O-])c3)cc2)C1. The minimum atomic E-state index is -3.52. The van der Waals surface area contributed by atoms with Gasteiger partial charge in [0.25, 0.3) is 5.69 Å². The first-order chi connectivity index (χ1) is 13.8. The van der Waals surface area contributed by atoms with Crippen molar-refractivity contribution in [3.05, 3.63) is 64.2 Å². The molecule has 1 aliphatic rings. The summed E-state index contributed by atoms with van der Waals surface area (Å²) in [5.74, 6) is 0.0481. The summed E-state index contributed by atoms with van der Waals surface area (Å²) in [7, 11) is -3.52. The summed E-state index contributed by atoms with van der Waals surface area (Å²) in [6.45, 7) is 3.05. The van der Waals surface area contributed by atoms with Gasteiger partial charge in [-0.25, -0.2) is 8.42 Å². The van der Waals surface area contributed by atoms with Gasteiger partial charge in [0.1, 0.15) is 0 Å². The van der Waals surface area contributed by atoms with Gasteiger partial charge in [-0.2, -0.15) is 4.31 Å². The summed E-state index contributed by atoms with van der Waals surface area (Å²) in [5, 5.41) is 13.8. The lowest BCUT2D eigenvalue weighted by atomic mass is 10.0. The van der Waals surface area contributed by atoms with Gasteiger partial charge in [0.2, 0.25) is 10.0 Å². The summed E-state index contributed by atoms with van der Waals surface area (Å²) in [5.41, 5.74) is 0.692. The summed E-state index contributed by atoms with van der Waals surface area (Å²) < 4.78 is 27.1. The number of Topliss-reactive ketones (excluding diaryl/α,β-unsaturated/α-hetero) is 1. The van der Waals surface area contributed by atoms with Crippen molar-refractivity contribution in [2.24, 2.45) is 5.92 Å². The Bertz CT molecular complexity index is 1010. The van der Waals surface area contributed by atoms with Gasteiger partial charge in [0, 0.05) is 36.5 Å². The molecule has 0 aromatic heterocycles. The van der Waals surface area contributed by atoms with Crippen molar-refractivity contribution in [2.75, 3.05) is 25.0 Å². The minimum absolute atomic E-state index is 0.0586. The van der Waals surface area contributed by atoms with Crippen LogP contribution in [-0.4, -0.2) is 43.1 Å². The number of sulfonamides is 1. The molecule has 0 bridgehead atoms. The molecule has 1 N–H and O–H groups in total. The van der Waals surface area contributed by atoms with Gasteiger partial charge in [0.05, 0.1) is 16.4 Å². The molecular formula is C20H23N3O5S. The number of nitrogens with one attached hydrogen (secondary N) is 1. The lowest BCUT2D eigenvalue weighted by Crippen LogP contribution is -2.39. The number of carbonyl (C=O) groups excluding carboxylic acids is 1. The number of hydrogen-bond acceptors (Lipinski definition) is 6. The van der Waals surface area contributed by atoms with Crippen LogP contribution >= 0.6 is 0 Å². The first-order valence-electron chi connectivity index (χ1n) is 9.39. The van der Waals surface area contributed by atoms with Crippen LogP contribution in [0, 0.1) is 16.0 Å². The summed E-state index contributed by atoms with van der Waals surface area (Å²) in [6.07, 6.45) is 1.90. The second-order valence-corrected chi connectivity index (χ2v) is 9.16. The molecule has 1 aliphatic heterocycles. The van der Waals surface area contributed by atoms with Crippen molar-refractivity contribution in [1.82, 2.24) is 4.31 Å². The Kier molecular flexibility index (Phi) is 6.29. The zero-order valence-corrected chi connectivity index (χ0v) is 16.9. The highest BCUT2D eigenvalue weighted by atomic mass is 32.2. The molecule has 154 valence electrons. The van der Waals surface area contributed by atoms with E-state index in [1.165, 1.54) is 40.7 Å². The number of piperidine rings is 1. The normalized spacial score (nSPS) is 17.6. The fourth-order valence-corrected chi connectivity index (χ4v) is 4.93. The fourth-order valence-electron chi connectivity index (χ4n) is 3.34. The largest absolute Gasteiger partial charge is 0.378 e. The maximum Gasteiger partial charge on any atom is 0.270 e. The number of nitrogens with zero attached hydrogens (tertiary/aromatic N) is 2. The number of non-ortho nitro benzene ring substituents is 1. The third kappa shape index (κ3) is 4.99. The Hall–Kier alpha value is -2.78. The van der Waals surface area contributed by atoms with E-state index < -0.39 is 14.9 Å². The van der Waals surface area contributed by atoms with E-state index in [0.717, 1.165) is 12.8 Å². The van der Waals surface area contributed by atoms with Crippen LogP contribution in [0.1, 0.15) is 30.1 Å². The molecule has 9 heteroatoms. The average molecular weight is 417 g/mol. The first-order valence-corrected chi connectivity index (χ1v) is 10.8. The summed E-state index contributed by atoms with van der Waals surface area (Å²) in [6, 6.07) is 11.8. The Morgan fingerprint density at radius 2 is 1.97 bits per heavy atom. The molecule has 1 atom stereocenters. The predicted octanol–water partition coefficient (Wildman–Crippen LogP) is 3.31. The molecule has 1 saturated heterocycles. The topological polar surface area (TPSA) is 110 Å². The summed E-state index contributed by atoms with van der Waals surface area (Å²) in [4.78, 5) is 22.8. The maximum absolute atomic E-state index is 12.8. The van der Waals surface area contributed by atoms with Crippen molar-refractivity contribution >= 4 is 27.2 Å². The monoisotopic (exact) mass is 417 g/mol. The van der Waals surface area contributed by atoms with Gasteiger partial charge >= 0.3 is 0 Å². The van der Waals surface area contributed by atoms with Crippen LogP contribution < -0.4 is 5.32 Å². The number of ketones is 1. The van der Waals surface area contributed by atoms with Crippen molar-refractivity contribution < 1.29 is 18.1 Å². The molecule has 1 fully saturated rings. The van der Waals surface area contributed by atoms with Gasteiger partial charge in [-0.05, 0) is 43.0 Å². The molecule has 1 unspecified atom stereocenters. The number of nitro benzene ring substituents is 1. The first kappa shape index (κ1) is 20.9. The van der Waals surface area contributed by atoms with Crippen LogP contribution in [0.2, 0.25) is 0 Å². The number of benzene rings is 2. The molecule has 2 aromatic carbocycles. The lowest BCUT2D eigenvalue weighted by molar-refractivity contribution is -0.384. The van der Waals surface area contributed by atoms with E-state index in [1.807, 2.05) is 6.92 Å². The van der Waals surface area contributed by atoms with Crippen LogP contribution in [0.3, 0.4) is 0 Å². The van der Waals surface area contributed by atoms with Crippen LogP contribution in [0.5, 0.6) is 0 Å². The fraction of sp³-hybridized carbons (Fsp3) is 0.350. The number of carbonyl (C=O) groups is 1. The molecule has 8 nitrogen and oxygen atoms in total. The highest BCUT2D eigenvalue weighted by Gasteiger charge is 2.28. The molecule has 0 aliphatic carbocycles. The average Bonchev–Trinajstić information content (AvgIpc) is 2.72. The second kappa shape index (κ2) is 8.71. The van der Waals surface area contributed by atoms with Crippen molar-refractivity contribution in [3.8, 4) is 0 Å². The Balaban J connectivity index is 1.64. The molecular weight excluding hydrogens is 394 g/mol. The number of anilines is 1. The van der Waals surface area contributed by atoms with Crippen LogP contribution in [0.4, 0.5) is 11.4 Å². The number of hydrogen-bond donors (Lipinski definition) is 1. The molecule has 0 radical (unpaired) electrons. The minimum Gasteiger partial charge on any atom is -0.378 e. The molecule has 0 amide bonds. The zero-order valence-electron chi connectivity index (χ0n) is 16.1. The Labute approximate surface area is 169 Å². The molecule has 3 rings (SSSR count).